The van der Waals surface area contributed by atoms with Crippen LogP contribution in [0, 0.1) is 11.3 Å². The lowest BCUT2D eigenvalue weighted by Crippen LogP contribution is -2.29. The number of carbonyl (C=O) groups excluding carboxylic acids is 1. The van der Waals surface area contributed by atoms with Gasteiger partial charge in [-0.25, -0.2) is 0 Å². The van der Waals surface area contributed by atoms with Crippen LogP contribution in [0.5, 0.6) is 5.75 Å². The van der Waals surface area contributed by atoms with E-state index in [1.165, 1.54) is 16.9 Å². The van der Waals surface area contributed by atoms with Crippen molar-refractivity contribution in [3.63, 3.8) is 0 Å². The van der Waals surface area contributed by atoms with Gasteiger partial charge in [0, 0.05) is 24.5 Å². The van der Waals surface area contributed by atoms with E-state index in [4.69, 9.17) is 27.8 Å². The molecule has 5 N–H and O–H groups in total. The number of fused-ring (bicyclic) bond motifs is 1. The lowest BCUT2D eigenvalue weighted by Gasteiger charge is -2.26. The second-order valence-electron chi connectivity index (χ2n) is 8.02. The summed E-state index contributed by atoms with van der Waals surface area (Å²) in [4.78, 5) is 20.4. The van der Waals surface area contributed by atoms with E-state index in [9.17, 15) is 10.1 Å². The lowest BCUT2D eigenvalue weighted by molar-refractivity contribution is 0.102. The Morgan fingerprint density at radius 1 is 1.26 bits per heavy atom. The normalized spacial score (nSPS) is 12.9. The molecule has 1 aromatic heterocycles. The van der Waals surface area contributed by atoms with Crippen LogP contribution < -0.4 is 21.5 Å². The van der Waals surface area contributed by atoms with Gasteiger partial charge in [-0.2, -0.15) is 5.26 Å². The molecule has 0 atom stereocenters. The van der Waals surface area contributed by atoms with Crippen molar-refractivity contribution >= 4 is 39.8 Å². The maximum Gasteiger partial charge on any atom is 0.257 e. The number of anilines is 1. The van der Waals surface area contributed by atoms with Gasteiger partial charge in [0.2, 0.25) is 0 Å². The zero-order chi connectivity index (χ0) is 24.8. The van der Waals surface area contributed by atoms with Gasteiger partial charge in [-0.05, 0) is 35.7 Å². The number of amides is 1. The Bertz CT molecular complexity index is 1280. The largest absolute Gasteiger partial charge is 0.492 e. The summed E-state index contributed by atoms with van der Waals surface area (Å²) in [6, 6.07) is 17.4. The van der Waals surface area contributed by atoms with E-state index in [0.717, 1.165) is 36.5 Å². The standard InChI is InChI=1S/C25H25ClN6O2S/c26-21-7-6-17(34-11-9-30-25(28)29)12-19(21)23(33)31-24-20(13-27)18-8-10-32(15-22(18)35-24)14-16-4-2-1-3-5-16/h1-7,12H,8-11,14-15H2,(H,31,33)(H4,28,29,30). The van der Waals surface area contributed by atoms with Crippen molar-refractivity contribution in [2.45, 2.75) is 19.5 Å². The molecule has 0 radical (unpaired) electrons. The number of ether oxygens (including phenoxy) is 1. The zero-order valence-electron chi connectivity index (χ0n) is 19.0. The molecule has 0 saturated heterocycles. The molecular formula is C25H25ClN6O2S. The molecule has 0 fully saturated rings. The quantitative estimate of drug-likeness (QED) is 0.241. The van der Waals surface area contributed by atoms with Gasteiger partial charge in [-0.15, -0.1) is 11.3 Å². The summed E-state index contributed by atoms with van der Waals surface area (Å²) in [7, 11) is 0. The second-order valence-corrected chi connectivity index (χ2v) is 9.53. The summed E-state index contributed by atoms with van der Waals surface area (Å²) in [5, 5.41) is 13.5. The number of aliphatic imine (C=N–C) groups is 1. The fourth-order valence-electron chi connectivity index (χ4n) is 3.92. The number of nitrogens with one attached hydrogen (secondary N) is 1. The highest BCUT2D eigenvalue weighted by molar-refractivity contribution is 7.16. The van der Waals surface area contributed by atoms with Crippen LogP contribution in [0.25, 0.3) is 0 Å². The lowest BCUT2D eigenvalue weighted by atomic mass is 10.0. The van der Waals surface area contributed by atoms with Gasteiger partial charge in [0.1, 0.15) is 23.4 Å². The monoisotopic (exact) mass is 508 g/mol. The third kappa shape index (κ3) is 6.11. The molecule has 2 heterocycles. The van der Waals surface area contributed by atoms with Crippen LogP contribution >= 0.6 is 22.9 Å². The van der Waals surface area contributed by atoms with Gasteiger partial charge in [-0.1, -0.05) is 41.9 Å². The molecule has 0 saturated carbocycles. The molecule has 0 aliphatic carbocycles. The molecule has 10 heteroatoms. The summed E-state index contributed by atoms with van der Waals surface area (Å²) < 4.78 is 5.61. The van der Waals surface area contributed by atoms with Crippen LogP contribution in [-0.4, -0.2) is 36.5 Å². The molecule has 0 unspecified atom stereocenters. The molecule has 2 aromatic carbocycles. The summed E-state index contributed by atoms with van der Waals surface area (Å²) in [5.41, 5.74) is 13.7. The van der Waals surface area contributed by atoms with E-state index in [1.807, 2.05) is 18.2 Å². The number of halogens is 1. The van der Waals surface area contributed by atoms with Gasteiger partial charge in [-0.3, -0.25) is 14.7 Å². The number of thiophene rings is 1. The zero-order valence-corrected chi connectivity index (χ0v) is 20.5. The summed E-state index contributed by atoms with van der Waals surface area (Å²) in [6.07, 6.45) is 0.761. The van der Waals surface area contributed by atoms with Crippen LogP contribution in [0.4, 0.5) is 5.00 Å². The van der Waals surface area contributed by atoms with Crippen LogP contribution in [0.15, 0.2) is 53.5 Å². The Balaban J connectivity index is 1.47. The number of benzene rings is 2. The molecule has 0 bridgehead atoms. The average molecular weight is 509 g/mol. The van der Waals surface area contributed by atoms with E-state index in [2.05, 4.69) is 33.4 Å². The van der Waals surface area contributed by atoms with E-state index >= 15 is 0 Å². The summed E-state index contributed by atoms with van der Waals surface area (Å²) in [5.74, 6) is 0.0497. The average Bonchev–Trinajstić information content (AvgIpc) is 3.19. The Kier molecular flexibility index (Phi) is 7.87. The predicted molar refractivity (Wildman–Crippen MR) is 139 cm³/mol. The van der Waals surface area contributed by atoms with Crippen molar-refractivity contribution in [3.05, 3.63) is 80.7 Å². The van der Waals surface area contributed by atoms with Gasteiger partial charge in [0.05, 0.1) is 22.7 Å². The van der Waals surface area contributed by atoms with Crippen LogP contribution in [0.1, 0.15) is 31.9 Å². The Labute approximate surface area is 212 Å². The van der Waals surface area contributed by atoms with Gasteiger partial charge in [0.15, 0.2) is 5.96 Å². The molecule has 35 heavy (non-hydrogen) atoms. The SMILES string of the molecule is N#Cc1c(NC(=O)c2cc(OCCN=C(N)N)ccc2Cl)sc2c1CCN(Cc1ccccc1)C2. The molecule has 1 amide bonds. The molecule has 180 valence electrons. The minimum atomic E-state index is -0.402. The van der Waals surface area contributed by atoms with Gasteiger partial charge < -0.3 is 21.5 Å². The molecule has 1 aliphatic heterocycles. The highest BCUT2D eigenvalue weighted by atomic mass is 35.5. The number of hydrogen-bond donors (Lipinski definition) is 3. The number of nitrogens with two attached hydrogens (primary N) is 2. The molecule has 3 aromatic rings. The second kappa shape index (κ2) is 11.2. The first-order chi connectivity index (χ1) is 16.9. The van der Waals surface area contributed by atoms with E-state index in [1.54, 1.807) is 18.2 Å². The van der Waals surface area contributed by atoms with E-state index in [0.29, 0.717) is 22.9 Å². The first-order valence-corrected chi connectivity index (χ1v) is 12.2. The molecular weight excluding hydrogens is 484 g/mol. The van der Waals surface area contributed by atoms with Crippen molar-refractivity contribution in [1.82, 2.24) is 4.90 Å². The van der Waals surface area contributed by atoms with Crippen LogP contribution in [0.3, 0.4) is 0 Å². The predicted octanol–water partition coefficient (Wildman–Crippen LogP) is 3.74. The van der Waals surface area contributed by atoms with Gasteiger partial charge in [0.25, 0.3) is 5.91 Å². The number of rotatable bonds is 8. The fourth-order valence-corrected chi connectivity index (χ4v) is 5.36. The number of nitriles is 1. The molecule has 0 spiro atoms. The minimum Gasteiger partial charge on any atom is -0.492 e. The number of carbonyl (C=O) groups is 1. The maximum absolute atomic E-state index is 13.1. The van der Waals surface area contributed by atoms with Crippen molar-refractivity contribution in [3.8, 4) is 11.8 Å². The number of nitrogens with zero attached hydrogens (tertiary/aromatic N) is 3. The first-order valence-electron chi connectivity index (χ1n) is 11.0. The number of hydrogen-bond acceptors (Lipinski definition) is 6. The smallest absolute Gasteiger partial charge is 0.257 e. The Morgan fingerprint density at radius 2 is 2.06 bits per heavy atom. The van der Waals surface area contributed by atoms with Crippen molar-refractivity contribution in [2.75, 3.05) is 25.0 Å². The van der Waals surface area contributed by atoms with Crippen molar-refractivity contribution in [1.29, 1.82) is 5.26 Å². The van der Waals surface area contributed by atoms with Crippen molar-refractivity contribution in [2.24, 2.45) is 16.5 Å². The molecule has 4 rings (SSSR count). The van der Waals surface area contributed by atoms with Crippen LogP contribution in [-0.2, 0) is 19.5 Å². The summed E-state index contributed by atoms with van der Waals surface area (Å²) in [6.45, 7) is 2.97. The fraction of sp³-hybridized carbons (Fsp3) is 0.240. The molecule has 8 nitrogen and oxygen atoms in total. The van der Waals surface area contributed by atoms with E-state index < -0.39 is 5.91 Å². The summed E-state index contributed by atoms with van der Waals surface area (Å²) >= 11 is 7.74. The van der Waals surface area contributed by atoms with Crippen LogP contribution in [0.2, 0.25) is 5.02 Å². The van der Waals surface area contributed by atoms with E-state index in [-0.39, 0.29) is 23.2 Å². The Morgan fingerprint density at radius 3 is 2.80 bits per heavy atom. The highest BCUT2D eigenvalue weighted by Crippen LogP contribution is 2.37. The molecule has 1 aliphatic rings. The topological polar surface area (TPSA) is 130 Å². The van der Waals surface area contributed by atoms with Crippen molar-refractivity contribution < 1.29 is 9.53 Å². The minimum absolute atomic E-state index is 0.0140. The number of guanidine groups is 1. The first kappa shape index (κ1) is 24.5. The Hall–Kier alpha value is -3.58. The van der Waals surface area contributed by atoms with Gasteiger partial charge >= 0.3 is 0 Å². The third-order valence-electron chi connectivity index (χ3n) is 5.56. The maximum atomic E-state index is 13.1. The third-order valence-corrected chi connectivity index (χ3v) is 7.02. The highest BCUT2D eigenvalue weighted by Gasteiger charge is 2.26.